The summed E-state index contributed by atoms with van der Waals surface area (Å²) in [6.07, 6.45) is 2.28. The summed E-state index contributed by atoms with van der Waals surface area (Å²) in [6, 6.07) is 15.7. The van der Waals surface area contributed by atoms with Crippen molar-refractivity contribution in [2.45, 2.75) is 6.61 Å². The number of nitrogens with zero attached hydrogens (tertiary/aromatic N) is 2. The van der Waals surface area contributed by atoms with Gasteiger partial charge in [0, 0.05) is 17.3 Å². The minimum absolute atomic E-state index is 0.161. The van der Waals surface area contributed by atoms with Crippen LogP contribution < -0.4 is 0 Å². The van der Waals surface area contributed by atoms with Gasteiger partial charge in [0.15, 0.2) is 0 Å². The second-order valence-corrected chi connectivity index (χ2v) is 4.69. The molecule has 0 spiro atoms. The Morgan fingerprint density at radius 2 is 1.82 bits per heavy atom. The van der Waals surface area contributed by atoms with Gasteiger partial charge in [0.25, 0.3) is 0 Å². The smallest absolute Gasteiger partial charge is 0.435 e. The Labute approximate surface area is 126 Å². The van der Waals surface area contributed by atoms with Crippen LogP contribution in [-0.2, 0) is 11.3 Å². The summed E-state index contributed by atoms with van der Waals surface area (Å²) in [5, 5.41) is 3.92. The predicted octanol–water partition coefficient (Wildman–Crippen LogP) is 3.87. The normalized spacial score (nSPS) is 10.4. The Morgan fingerprint density at radius 1 is 1.09 bits per heavy atom. The van der Waals surface area contributed by atoms with Crippen LogP contribution in [0, 0.1) is 5.82 Å². The molecular weight excluding hydrogens is 283 g/mol. The highest BCUT2D eigenvalue weighted by molar-refractivity contribution is 5.72. The standard InChI is InChI=1S/C17H13FN2O2/c18-16-9-5-4-8-15(16)14-10-19-20(11-14)17(21)22-12-13-6-2-1-3-7-13/h1-11H,12H2. The molecule has 3 rings (SSSR count). The lowest BCUT2D eigenvalue weighted by atomic mass is 10.1. The molecule has 0 saturated carbocycles. The Hall–Kier alpha value is -2.95. The fourth-order valence-electron chi connectivity index (χ4n) is 2.04. The number of benzene rings is 2. The van der Waals surface area contributed by atoms with Gasteiger partial charge in [-0.1, -0.05) is 48.5 Å². The van der Waals surface area contributed by atoms with Crippen LogP contribution in [0.4, 0.5) is 9.18 Å². The molecule has 4 nitrogen and oxygen atoms in total. The van der Waals surface area contributed by atoms with Gasteiger partial charge in [-0.3, -0.25) is 0 Å². The SMILES string of the molecule is O=C(OCc1ccccc1)n1cc(-c2ccccc2F)cn1. The van der Waals surface area contributed by atoms with Crippen LogP contribution in [-0.4, -0.2) is 15.9 Å². The van der Waals surface area contributed by atoms with Crippen molar-refractivity contribution in [2.24, 2.45) is 0 Å². The van der Waals surface area contributed by atoms with Crippen molar-refractivity contribution in [3.8, 4) is 11.1 Å². The molecule has 0 aliphatic heterocycles. The number of hydrogen-bond donors (Lipinski definition) is 0. The molecule has 0 atom stereocenters. The first-order chi connectivity index (χ1) is 10.7. The number of rotatable bonds is 3. The second kappa shape index (κ2) is 6.22. The average molecular weight is 296 g/mol. The van der Waals surface area contributed by atoms with Crippen molar-refractivity contribution in [1.29, 1.82) is 0 Å². The molecule has 0 bridgehead atoms. The van der Waals surface area contributed by atoms with E-state index >= 15 is 0 Å². The second-order valence-electron chi connectivity index (χ2n) is 4.69. The lowest BCUT2D eigenvalue weighted by molar-refractivity contribution is 0.138. The van der Waals surface area contributed by atoms with Crippen molar-refractivity contribution in [3.05, 3.63) is 78.4 Å². The molecule has 0 radical (unpaired) electrons. The van der Waals surface area contributed by atoms with Gasteiger partial charge < -0.3 is 4.74 Å². The van der Waals surface area contributed by atoms with Crippen LogP contribution >= 0.6 is 0 Å². The highest BCUT2D eigenvalue weighted by Gasteiger charge is 2.11. The van der Waals surface area contributed by atoms with Gasteiger partial charge in [-0.05, 0) is 11.6 Å². The molecule has 1 aromatic heterocycles. The summed E-state index contributed by atoms with van der Waals surface area (Å²) >= 11 is 0. The zero-order valence-corrected chi connectivity index (χ0v) is 11.6. The molecule has 110 valence electrons. The van der Waals surface area contributed by atoms with Crippen molar-refractivity contribution in [2.75, 3.05) is 0 Å². The number of carbonyl (C=O) groups is 1. The van der Waals surface area contributed by atoms with Crippen LogP contribution in [0.2, 0.25) is 0 Å². The van der Waals surface area contributed by atoms with Gasteiger partial charge in [-0.15, -0.1) is 0 Å². The van der Waals surface area contributed by atoms with E-state index in [2.05, 4.69) is 5.10 Å². The number of halogens is 1. The number of aromatic nitrogens is 2. The predicted molar refractivity (Wildman–Crippen MR) is 79.6 cm³/mol. The molecule has 2 aromatic carbocycles. The van der Waals surface area contributed by atoms with E-state index < -0.39 is 6.09 Å². The first-order valence-electron chi connectivity index (χ1n) is 6.74. The zero-order valence-electron chi connectivity index (χ0n) is 11.6. The van der Waals surface area contributed by atoms with Crippen LogP contribution in [0.15, 0.2) is 67.0 Å². The zero-order chi connectivity index (χ0) is 15.4. The maximum Gasteiger partial charge on any atom is 0.435 e. The summed E-state index contributed by atoms with van der Waals surface area (Å²) in [6.45, 7) is 0.161. The number of carbonyl (C=O) groups excluding carboxylic acids is 1. The highest BCUT2D eigenvalue weighted by atomic mass is 19.1. The summed E-state index contributed by atoms with van der Waals surface area (Å²) in [4.78, 5) is 11.9. The van der Waals surface area contributed by atoms with Crippen molar-refractivity contribution in [3.63, 3.8) is 0 Å². The van der Waals surface area contributed by atoms with Crippen LogP contribution in [0.1, 0.15) is 5.56 Å². The molecule has 0 aliphatic rings. The van der Waals surface area contributed by atoms with E-state index in [1.165, 1.54) is 18.5 Å². The van der Waals surface area contributed by atoms with Crippen molar-refractivity contribution in [1.82, 2.24) is 9.78 Å². The first kappa shape index (κ1) is 14.0. The molecule has 0 N–H and O–H groups in total. The van der Waals surface area contributed by atoms with Crippen LogP contribution in [0.25, 0.3) is 11.1 Å². The number of hydrogen-bond acceptors (Lipinski definition) is 3. The van der Waals surface area contributed by atoms with Crippen molar-refractivity contribution < 1.29 is 13.9 Å². The average Bonchev–Trinajstić information content (AvgIpc) is 3.04. The van der Waals surface area contributed by atoms with E-state index in [9.17, 15) is 9.18 Å². The van der Waals surface area contributed by atoms with E-state index in [0.717, 1.165) is 10.2 Å². The van der Waals surface area contributed by atoms with E-state index in [-0.39, 0.29) is 12.4 Å². The minimum atomic E-state index is -0.605. The molecule has 0 saturated heterocycles. The van der Waals surface area contributed by atoms with Crippen molar-refractivity contribution >= 4 is 6.09 Å². The Morgan fingerprint density at radius 3 is 2.59 bits per heavy atom. The lowest BCUT2D eigenvalue weighted by Crippen LogP contribution is -2.13. The Kier molecular flexibility index (Phi) is 3.96. The van der Waals surface area contributed by atoms with E-state index in [0.29, 0.717) is 11.1 Å². The van der Waals surface area contributed by atoms with Crippen LogP contribution in [0.5, 0.6) is 0 Å². The van der Waals surface area contributed by atoms with Gasteiger partial charge >= 0.3 is 6.09 Å². The third-order valence-corrected chi connectivity index (χ3v) is 3.16. The summed E-state index contributed by atoms with van der Waals surface area (Å²) in [5.41, 5.74) is 1.80. The lowest BCUT2D eigenvalue weighted by Gasteiger charge is -2.04. The fraction of sp³-hybridized carbons (Fsp3) is 0.0588. The highest BCUT2D eigenvalue weighted by Crippen LogP contribution is 2.21. The van der Waals surface area contributed by atoms with Gasteiger partial charge in [0.05, 0.1) is 6.20 Å². The molecular formula is C17H13FN2O2. The minimum Gasteiger partial charge on any atom is -0.443 e. The maximum absolute atomic E-state index is 13.7. The first-order valence-corrected chi connectivity index (χ1v) is 6.74. The Bertz CT molecular complexity index is 784. The number of ether oxygens (including phenoxy) is 1. The summed E-state index contributed by atoms with van der Waals surface area (Å²) in [5.74, 6) is -0.361. The quantitative estimate of drug-likeness (QED) is 0.737. The Balaban J connectivity index is 1.71. The molecule has 0 aliphatic carbocycles. The molecule has 0 amide bonds. The van der Waals surface area contributed by atoms with Gasteiger partial charge in [0.2, 0.25) is 0 Å². The van der Waals surface area contributed by atoms with Gasteiger partial charge in [-0.2, -0.15) is 9.78 Å². The molecule has 22 heavy (non-hydrogen) atoms. The fourth-order valence-corrected chi connectivity index (χ4v) is 2.04. The third kappa shape index (κ3) is 3.03. The van der Waals surface area contributed by atoms with Gasteiger partial charge in [-0.25, -0.2) is 9.18 Å². The molecule has 0 fully saturated rings. The molecule has 3 aromatic rings. The molecule has 5 heteroatoms. The van der Waals surface area contributed by atoms with Gasteiger partial charge in [0.1, 0.15) is 12.4 Å². The largest absolute Gasteiger partial charge is 0.443 e. The maximum atomic E-state index is 13.7. The summed E-state index contributed by atoms with van der Waals surface area (Å²) in [7, 11) is 0. The molecule has 1 heterocycles. The van der Waals surface area contributed by atoms with Crippen LogP contribution in [0.3, 0.4) is 0 Å². The van der Waals surface area contributed by atoms with E-state index in [1.807, 2.05) is 30.3 Å². The summed E-state index contributed by atoms with van der Waals surface area (Å²) < 4.78 is 19.9. The van der Waals surface area contributed by atoms with E-state index in [4.69, 9.17) is 4.74 Å². The molecule has 0 unspecified atom stereocenters. The van der Waals surface area contributed by atoms with E-state index in [1.54, 1.807) is 18.2 Å². The monoisotopic (exact) mass is 296 g/mol. The third-order valence-electron chi connectivity index (χ3n) is 3.16. The topological polar surface area (TPSA) is 44.1 Å².